The number of tetrazole rings is 1. The number of nitrogens with zero attached hydrogens (tertiary/aromatic N) is 4. The number of aromatic amines is 1. The molecule has 3 aromatic rings. The van der Waals surface area contributed by atoms with Gasteiger partial charge >= 0.3 is 0 Å². The molecular weight excluding hydrogens is 282 g/mol. The Kier molecular flexibility index (Phi) is 2.49. The highest BCUT2D eigenvalue weighted by Gasteiger charge is 2.11. The maximum atomic E-state index is 4.00. The Balaban J connectivity index is 2.18. The van der Waals surface area contributed by atoms with Gasteiger partial charge in [-0.1, -0.05) is 18.2 Å². The van der Waals surface area contributed by atoms with Crippen LogP contribution in [0.1, 0.15) is 0 Å². The molecule has 2 aromatic heterocycles. The Morgan fingerprint density at radius 2 is 2.00 bits per heavy atom. The molecule has 2 heterocycles. The molecule has 0 aliphatic heterocycles. The molecule has 0 saturated heterocycles. The second-order valence-corrected chi connectivity index (χ2v) is 4.40. The summed E-state index contributed by atoms with van der Waals surface area (Å²) in [5, 5.41) is 14.0. The quantitative estimate of drug-likeness (QED) is 0.788. The topological polar surface area (TPSA) is 59.4 Å². The molecule has 0 fully saturated rings. The van der Waals surface area contributed by atoms with Crippen molar-refractivity contribution in [3.63, 3.8) is 0 Å². The fourth-order valence-corrected chi connectivity index (χ4v) is 2.10. The van der Waals surface area contributed by atoms with Crippen molar-refractivity contribution < 1.29 is 0 Å². The number of hydrogen-bond acceptors (Lipinski definition) is 3. The Morgan fingerprint density at radius 1 is 1.18 bits per heavy atom. The summed E-state index contributed by atoms with van der Waals surface area (Å²) >= 11 is 3.46. The molecule has 1 aromatic carbocycles. The first-order valence-corrected chi connectivity index (χ1v) is 5.81. The van der Waals surface area contributed by atoms with E-state index >= 15 is 0 Å². The summed E-state index contributed by atoms with van der Waals surface area (Å²) < 4.78 is 2.98. The molecule has 0 aliphatic carbocycles. The zero-order valence-electron chi connectivity index (χ0n) is 8.71. The second-order valence-electron chi connectivity index (χ2n) is 3.48. The minimum Gasteiger partial charge on any atom is -0.313 e. The van der Waals surface area contributed by atoms with Gasteiger partial charge in [-0.05, 0) is 39.3 Å². The van der Waals surface area contributed by atoms with Crippen LogP contribution in [0, 0.1) is 0 Å². The van der Waals surface area contributed by atoms with Crippen LogP contribution >= 0.6 is 15.9 Å². The van der Waals surface area contributed by atoms with Crippen LogP contribution in [0.4, 0.5) is 0 Å². The van der Waals surface area contributed by atoms with E-state index in [-0.39, 0.29) is 0 Å². The molecule has 17 heavy (non-hydrogen) atoms. The summed E-state index contributed by atoms with van der Waals surface area (Å²) in [6.07, 6.45) is 1.97. The summed E-state index contributed by atoms with van der Waals surface area (Å²) in [5.74, 6) is 0.569. The molecule has 84 valence electrons. The van der Waals surface area contributed by atoms with E-state index in [0.717, 1.165) is 15.9 Å². The van der Waals surface area contributed by atoms with Crippen LogP contribution in [0.15, 0.2) is 47.1 Å². The fourth-order valence-electron chi connectivity index (χ4n) is 1.68. The van der Waals surface area contributed by atoms with E-state index in [2.05, 4.69) is 36.6 Å². The molecule has 3 rings (SSSR count). The summed E-state index contributed by atoms with van der Waals surface area (Å²) in [5.41, 5.74) is 1.94. The molecule has 1 N–H and O–H groups in total. The van der Waals surface area contributed by atoms with Gasteiger partial charge in [-0.2, -0.15) is 5.21 Å². The lowest BCUT2D eigenvalue weighted by Gasteiger charge is -2.05. The molecule has 0 radical (unpaired) electrons. The van der Waals surface area contributed by atoms with E-state index in [1.807, 2.05) is 47.2 Å². The fraction of sp³-hybridized carbons (Fsp3) is 0. The standard InChI is InChI=1S/C11H8BrN5/c12-8-6-10(11-13-15-16-14-11)17(7-8)9-4-2-1-3-5-9/h1-7H,(H,13,14,15,16). The highest BCUT2D eigenvalue weighted by molar-refractivity contribution is 9.10. The highest BCUT2D eigenvalue weighted by atomic mass is 79.9. The zero-order chi connectivity index (χ0) is 11.7. The van der Waals surface area contributed by atoms with Gasteiger partial charge < -0.3 is 4.57 Å². The molecule has 5 nitrogen and oxygen atoms in total. The largest absolute Gasteiger partial charge is 0.313 e. The monoisotopic (exact) mass is 289 g/mol. The van der Waals surface area contributed by atoms with Crippen LogP contribution in [-0.2, 0) is 0 Å². The molecular formula is C11H8BrN5. The molecule has 6 heteroatoms. The number of H-pyrrole nitrogens is 1. The first-order valence-electron chi connectivity index (χ1n) is 5.02. The van der Waals surface area contributed by atoms with Crippen LogP contribution in [-0.4, -0.2) is 25.2 Å². The van der Waals surface area contributed by atoms with Crippen molar-refractivity contribution in [3.05, 3.63) is 47.1 Å². The molecule has 0 atom stereocenters. The molecule has 0 spiro atoms. The van der Waals surface area contributed by atoms with E-state index < -0.39 is 0 Å². The molecule has 0 unspecified atom stereocenters. The number of para-hydroxylation sites is 1. The first kappa shape index (κ1) is 10.2. The van der Waals surface area contributed by atoms with E-state index in [4.69, 9.17) is 0 Å². The van der Waals surface area contributed by atoms with E-state index in [9.17, 15) is 0 Å². The number of nitrogens with one attached hydrogen (secondary N) is 1. The third-order valence-electron chi connectivity index (χ3n) is 2.40. The summed E-state index contributed by atoms with van der Waals surface area (Å²) in [6, 6.07) is 12.0. The Hall–Kier alpha value is -1.95. The van der Waals surface area contributed by atoms with Gasteiger partial charge in [-0.3, -0.25) is 0 Å². The van der Waals surface area contributed by atoms with Crippen molar-refractivity contribution >= 4 is 15.9 Å². The maximum absolute atomic E-state index is 4.00. The van der Waals surface area contributed by atoms with Crippen LogP contribution in [0.2, 0.25) is 0 Å². The van der Waals surface area contributed by atoms with E-state index in [1.165, 1.54) is 0 Å². The molecule has 0 amide bonds. The SMILES string of the molecule is Brc1cc(-c2nn[nH]n2)n(-c2ccccc2)c1. The first-order chi connectivity index (χ1) is 8.34. The third-order valence-corrected chi connectivity index (χ3v) is 2.83. The van der Waals surface area contributed by atoms with Crippen LogP contribution in [0.25, 0.3) is 17.2 Å². The van der Waals surface area contributed by atoms with Gasteiger partial charge in [0, 0.05) is 16.4 Å². The van der Waals surface area contributed by atoms with E-state index in [0.29, 0.717) is 5.82 Å². The Bertz CT molecular complexity index is 615. The predicted molar refractivity (Wildman–Crippen MR) is 66.6 cm³/mol. The number of rotatable bonds is 2. The van der Waals surface area contributed by atoms with Crippen molar-refractivity contribution in [2.24, 2.45) is 0 Å². The lowest BCUT2D eigenvalue weighted by atomic mass is 10.3. The van der Waals surface area contributed by atoms with Crippen molar-refractivity contribution in [2.45, 2.75) is 0 Å². The molecule has 0 bridgehead atoms. The number of aromatic nitrogens is 5. The lowest BCUT2D eigenvalue weighted by Crippen LogP contribution is -1.95. The van der Waals surface area contributed by atoms with Crippen molar-refractivity contribution in [2.75, 3.05) is 0 Å². The minimum atomic E-state index is 0.569. The smallest absolute Gasteiger partial charge is 0.221 e. The van der Waals surface area contributed by atoms with Gasteiger partial charge in [0.2, 0.25) is 5.82 Å². The Morgan fingerprint density at radius 3 is 2.71 bits per heavy atom. The number of halogens is 1. The molecule has 0 aliphatic rings. The van der Waals surface area contributed by atoms with Crippen LogP contribution in [0.3, 0.4) is 0 Å². The van der Waals surface area contributed by atoms with Crippen LogP contribution < -0.4 is 0 Å². The zero-order valence-corrected chi connectivity index (χ0v) is 10.3. The third kappa shape index (κ3) is 1.87. The minimum absolute atomic E-state index is 0.569. The highest BCUT2D eigenvalue weighted by Crippen LogP contribution is 2.25. The second kappa shape index (κ2) is 4.14. The number of hydrogen-bond donors (Lipinski definition) is 1. The van der Waals surface area contributed by atoms with Crippen molar-refractivity contribution in [3.8, 4) is 17.2 Å². The normalized spacial score (nSPS) is 10.6. The van der Waals surface area contributed by atoms with Gasteiger partial charge in [0.15, 0.2) is 0 Å². The summed E-state index contributed by atoms with van der Waals surface area (Å²) in [6.45, 7) is 0. The van der Waals surface area contributed by atoms with Gasteiger partial charge in [-0.15, -0.1) is 10.2 Å². The van der Waals surface area contributed by atoms with Gasteiger partial charge in [0.25, 0.3) is 0 Å². The summed E-state index contributed by atoms with van der Waals surface area (Å²) in [7, 11) is 0. The summed E-state index contributed by atoms with van der Waals surface area (Å²) in [4.78, 5) is 0. The van der Waals surface area contributed by atoms with Crippen molar-refractivity contribution in [1.82, 2.24) is 25.2 Å². The number of benzene rings is 1. The molecule has 0 saturated carbocycles. The predicted octanol–water partition coefficient (Wildman–Crippen LogP) is 2.42. The van der Waals surface area contributed by atoms with Crippen molar-refractivity contribution in [1.29, 1.82) is 0 Å². The van der Waals surface area contributed by atoms with Gasteiger partial charge in [0.1, 0.15) is 0 Å². The van der Waals surface area contributed by atoms with Gasteiger partial charge in [0.05, 0.1) is 5.69 Å². The average Bonchev–Trinajstić information content (AvgIpc) is 2.98. The maximum Gasteiger partial charge on any atom is 0.221 e. The van der Waals surface area contributed by atoms with Gasteiger partial charge in [-0.25, -0.2) is 0 Å². The Labute approximate surface area is 106 Å². The average molecular weight is 290 g/mol. The lowest BCUT2D eigenvalue weighted by molar-refractivity contribution is 0.881. The van der Waals surface area contributed by atoms with Crippen LogP contribution in [0.5, 0.6) is 0 Å². The van der Waals surface area contributed by atoms with E-state index in [1.54, 1.807) is 0 Å².